The lowest BCUT2D eigenvalue weighted by Crippen LogP contribution is -2.45. The molecule has 2 unspecified atom stereocenters. The van der Waals surface area contributed by atoms with Crippen LogP contribution >= 0.6 is 0 Å². The van der Waals surface area contributed by atoms with Crippen LogP contribution in [0.4, 0.5) is 0 Å². The van der Waals surface area contributed by atoms with Gasteiger partial charge in [0.2, 0.25) is 0 Å². The summed E-state index contributed by atoms with van der Waals surface area (Å²) >= 11 is 0. The van der Waals surface area contributed by atoms with Gasteiger partial charge in [-0.25, -0.2) is 0 Å². The third-order valence-electron chi connectivity index (χ3n) is 4.02. The van der Waals surface area contributed by atoms with Gasteiger partial charge in [-0.15, -0.1) is 0 Å². The molecule has 2 aliphatic rings. The molecule has 1 aromatic carbocycles. The number of benzene rings is 1. The zero-order valence-electron chi connectivity index (χ0n) is 10.6. The molecule has 0 amide bonds. The lowest BCUT2D eigenvalue weighted by atomic mass is 10.1. The minimum atomic E-state index is 0.280. The van der Waals surface area contributed by atoms with Crippen molar-refractivity contribution in [3.63, 3.8) is 0 Å². The summed E-state index contributed by atoms with van der Waals surface area (Å²) in [5.74, 6) is 1.20. The number of carbonyl (C=O) groups excluding carboxylic acids is 1. The summed E-state index contributed by atoms with van der Waals surface area (Å²) in [4.78, 5) is 14.5. The Morgan fingerprint density at radius 1 is 1.22 bits per heavy atom. The van der Waals surface area contributed by atoms with Crippen LogP contribution in [-0.4, -0.2) is 43.4 Å². The van der Waals surface area contributed by atoms with Gasteiger partial charge in [0.15, 0.2) is 5.78 Å². The topological polar surface area (TPSA) is 32.3 Å². The fraction of sp³-hybridized carbons (Fsp3) is 0.533. The molecule has 1 aliphatic carbocycles. The van der Waals surface area contributed by atoms with Crippen molar-refractivity contribution in [1.29, 1.82) is 0 Å². The van der Waals surface area contributed by atoms with Crippen molar-refractivity contribution in [3.8, 4) is 0 Å². The monoisotopic (exact) mass is 244 g/mol. The van der Waals surface area contributed by atoms with Gasteiger partial charge in [-0.2, -0.15) is 0 Å². The highest BCUT2D eigenvalue weighted by atomic mass is 16.1. The molecule has 3 rings (SSSR count). The molecular weight excluding hydrogens is 224 g/mol. The fourth-order valence-corrected chi connectivity index (χ4v) is 2.83. The van der Waals surface area contributed by atoms with Crippen LogP contribution in [0.1, 0.15) is 17.9 Å². The summed E-state index contributed by atoms with van der Waals surface area (Å²) in [6.07, 6.45) is 1.05. The maximum Gasteiger partial charge on any atom is 0.150 e. The first-order valence-electron chi connectivity index (χ1n) is 6.85. The van der Waals surface area contributed by atoms with Crippen LogP contribution in [0.5, 0.6) is 0 Å². The number of ketones is 1. The fourth-order valence-electron chi connectivity index (χ4n) is 2.83. The molecule has 2 atom stereocenters. The second kappa shape index (κ2) is 5.21. The Balaban J connectivity index is 1.53. The lowest BCUT2D eigenvalue weighted by Gasteiger charge is -2.26. The first-order chi connectivity index (χ1) is 8.84. The Hall–Kier alpha value is -1.19. The lowest BCUT2D eigenvalue weighted by molar-refractivity contribution is -0.121. The SMILES string of the molecule is O=C(CN1CCNCC1)C1CC1c1ccccc1. The summed E-state index contributed by atoms with van der Waals surface area (Å²) in [5.41, 5.74) is 1.33. The van der Waals surface area contributed by atoms with E-state index in [9.17, 15) is 4.79 Å². The smallest absolute Gasteiger partial charge is 0.150 e. The third-order valence-corrected chi connectivity index (χ3v) is 4.02. The number of hydrogen-bond donors (Lipinski definition) is 1. The molecule has 3 nitrogen and oxygen atoms in total. The Morgan fingerprint density at radius 3 is 2.67 bits per heavy atom. The number of nitrogens with zero attached hydrogens (tertiary/aromatic N) is 1. The van der Waals surface area contributed by atoms with E-state index in [4.69, 9.17) is 0 Å². The average molecular weight is 244 g/mol. The van der Waals surface area contributed by atoms with E-state index in [1.807, 2.05) is 6.07 Å². The van der Waals surface area contributed by atoms with E-state index < -0.39 is 0 Å². The highest BCUT2D eigenvalue weighted by Gasteiger charge is 2.43. The van der Waals surface area contributed by atoms with Gasteiger partial charge in [0, 0.05) is 32.1 Å². The first kappa shape index (κ1) is 11.9. The molecular formula is C15H20N2O. The molecule has 2 fully saturated rings. The summed E-state index contributed by atoms with van der Waals surface area (Å²) in [6, 6.07) is 10.4. The van der Waals surface area contributed by atoms with Crippen molar-refractivity contribution < 1.29 is 4.79 Å². The molecule has 1 saturated heterocycles. The average Bonchev–Trinajstić information content (AvgIpc) is 3.21. The molecule has 1 heterocycles. The van der Waals surface area contributed by atoms with E-state index >= 15 is 0 Å². The zero-order chi connectivity index (χ0) is 12.4. The second-order valence-electron chi connectivity index (χ2n) is 5.35. The van der Waals surface area contributed by atoms with Crippen molar-refractivity contribution >= 4 is 5.78 Å². The molecule has 0 spiro atoms. The van der Waals surface area contributed by atoms with Gasteiger partial charge < -0.3 is 5.32 Å². The van der Waals surface area contributed by atoms with Gasteiger partial charge >= 0.3 is 0 Å². The van der Waals surface area contributed by atoms with E-state index in [-0.39, 0.29) is 5.92 Å². The number of carbonyl (C=O) groups is 1. The number of nitrogens with one attached hydrogen (secondary N) is 1. The maximum atomic E-state index is 12.2. The zero-order valence-corrected chi connectivity index (χ0v) is 10.6. The van der Waals surface area contributed by atoms with Crippen molar-refractivity contribution in [3.05, 3.63) is 35.9 Å². The van der Waals surface area contributed by atoms with Crippen LogP contribution in [-0.2, 0) is 4.79 Å². The predicted molar refractivity (Wildman–Crippen MR) is 71.6 cm³/mol. The van der Waals surface area contributed by atoms with Gasteiger partial charge in [0.05, 0.1) is 6.54 Å². The molecule has 0 radical (unpaired) electrons. The molecule has 0 bridgehead atoms. The highest BCUT2D eigenvalue weighted by Crippen LogP contribution is 2.47. The summed E-state index contributed by atoms with van der Waals surface area (Å²) < 4.78 is 0. The largest absolute Gasteiger partial charge is 0.314 e. The Bertz CT molecular complexity index is 412. The predicted octanol–water partition coefficient (Wildman–Crippen LogP) is 1.26. The van der Waals surface area contributed by atoms with Gasteiger partial charge in [0.25, 0.3) is 0 Å². The van der Waals surface area contributed by atoms with E-state index in [2.05, 4.69) is 34.5 Å². The van der Waals surface area contributed by atoms with Crippen molar-refractivity contribution in [1.82, 2.24) is 10.2 Å². The number of hydrogen-bond acceptors (Lipinski definition) is 3. The molecule has 3 heteroatoms. The van der Waals surface area contributed by atoms with Gasteiger partial charge in [-0.3, -0.25) is 9.69 Å². The molecule has 1 N–H and O–H groups in total. The minimum absolute atomic E-state index is 0.280. The van der Waals surface area contributed by atoms with Crippen LogP contribution < -0.4 is 5.32 Å². The molecule has 1 saturated carbocycles. The second-order valence-corrected chi connectivity index (χ2v) is 5.35. The number of piperazine rings is 1. The number of rotatable bonds is 4. The molecule has 1 aromatic rings. The van der Waals surface area contributed by atoms with Gasteiger partial charge in [0.1, 0.15) is 0 Å². The van der Waals surface area contributed by atoms with Crippen LogP contribution in [0.3, 0.4) is 0 Å². The van der Waals surface area contributed by atoms with Crippen LogP contribution in [0, 0.1) is 5.92 Å². The van der Waals surface area contributed by atoms with Gasteiger partial charge in [-0.05, 0) is 17.9 Å². The summed E-state index contributed by atoms with van der Waals surface area (Å²) in [6.45, 7) is 4.69. The van der Waals surface area contributed by atoms with E-state index in [0.717, 1.165) is 32.6 Å². The van der Waals surface area contributed by atoms with Crippen LogP contribution in [0.15, 0.2) is 30.3 Å². The Kier molecular flexibility index (Phi) is 3.43. The van der Waals surface area contributed by atoms with Crippen LogP contribution in [0.25, 0.3) is 0 Å². The maximum absolute atomic E-state index is 12.2. The molecule has 1 aliphatic heterocycles. The van der Waals surface area contributed by atoms with Gasteiger partial charge in [-0.1, -0.05) is 30.3 Å². The summed E-state index contributed by atoms with van der Waals surface area (Å²) in [5, 5.41) is 3.31. The summed E-state index contributed by atoms with van der Waals surface area (Å²) in [7, 11) is 0. The molecule has 96 valence electrons. The van der Waals surface area contributed by atoms with E-state index in [1.54, 1.807) is 0 Å². The normalized spacial score (nSPS) is 28.0. The molecule has 18 heavy (non-hydrogen) atoms. The van der Waals surface area contributed by atoms with Crippen LogP contribution in [0.2, 0.25) is 0 Å². The van der Waals surface area contributed by atoms with Crippen molar-refractivity contribution in [2.75, 3.05) is 32.7 Å². The number of Topliss-reactive ketones (excluding diaryl/α,β-unsaturated/α-hetero) is 1. The Morgan fingerprint density at radius 2 is 1.94 bits per heavy atom. The van der Waals surface area contributed by atoms with E-state index in [0.29, 0.717) is 18.2 Å². The highest BCUT2D eigenvalue weighted by molar-refractivity contribution is 5.86. The van der Waals surface area contributed by atoms with Crippen molar-refractivity contribution in [2.24, 2.45) is 5.92 Å². The Labute approximate surface area is 108 Å². The third kappa shape index (κ3) is 2.62. The first-order valence-corrected chi connectivity index (χ1v) is 6.85. The molecule has 0 aromatic heterocycles. The van der Waals surface area contributed by atoms with Crippen molar-refractivity contribution in [2.45, 2.75) is 12.3 Å². The standard InChI is InChI=1S/C15H20N2O/c18-15(11-17-8-6-16-7-9-17)14-10-13(14)12-4-2-1-3-5-12/h1-5,13-14,16H,6-11H2. The minimum Gasteiger partial charge on any atom is -0.314 e. The quantitative estimate of drug-likeness (QED) is 0.865. The van der Waals surface area contributed by atoms with E-state index in [1.165, 1.54) is 5.56 Å².